The van der Waals surface area contributed by atoms with Gasteiger partial charge in [0, 0.05) is 12.2 Å². The average Bonchev–Trinajstić information content (AvgIpc) is 2.74. The quantitative estimate of drug-likeness (QED) is 0.264. The molecule has 3 amide bonds. The molecule has 1 fully saturated rings. The van der Waals surface area contributed by atoms with Crippen molar-refractivity contribution in [3.05, 3.63) is 76.8 Å². The van der Waals surface area contributed by atoms with Gasteiger partial charge in [-0.1, -0.05) is 30.3 Å². The molecule has 1 aliphatic heterocycles. The SMILES string of the molecule is C=CCN1C(=O)/C(=C/c2ccc(OCC(=O)Nc3ccccc3)c(Br)c2)C(=O)NC1=S. The Balaban J connectivity index is 1.69. The molecule has 2 aromatic rings. The van der Waals surface area contributed by atoms with Crippen LogP contribution in [0.2, 0.25) is 0 Å². The van der Waals surface area contributed by atoms with Crippen molar-refractivity contribution < 1.29 is 19.1 Å². The number of carbonyl (C=O) groups excluding carboxylic acids is 3. The number of carbonyl (C=O) groups is 3. The van der Waals surface area contributed by atoms with Crippen molar-refractivity contribution in [2.24, 2.45) is 0 Å². The molecule has 1 heterocycles. The van der Waals surface area contributed by atoms with Crippen LogP contribution in [-0.2, 0) is 14.4 Å². The van der Waals surface area contributed by atoms with E-state index in [0.717, 1.165) is 0 Å². The highest BCUT2D eigenvalue weighted by Gasteiger charge is 2.32. The summed E-state index contributed by atoms with van der Waals surface area (Å²) in [6.07, 6.45) is 2.99. The van der Waals surface area contributed by atoms with Crippen LogP contribution in [0.5, 0.6) is 5.75 Å². The lowest BCUT2D eigenvalue weighted by molar-refractivity contribution is -0.128. The average molecular weight is 500 g/mol. The molecule has 0 saturated carbocycles. The molecule has 2 N–H and O–H groups in total. The Morgan fingerprint density at radius 2 is 1.97 bits per heavy atom. The summed E-state index contributed by atoms with van der Waals surface area (Å²) < 4.78 is 6.13. The van der Waals surface area contributed by atoms with Gasteiger partial charge in [0.05, 0.1) is 4.47 Å². The first-order chi connectivity index (χ1) is 14.9. The maximum atomic E-state index is 12.6. The number of benzene rings is 2. The smallest absolute Gasteiger partial charge is 0.265 e. The molecule has 2 aromatic carbocycles. The highest BCUT2D eigenvalue weighted by molar-refractivity contribution is 9.10. The molecule has 1 aliphatic rings. The van der Waals surface area contributed by atoms with Crippen LogP contribution in [0.1, 0.15) is 5.56 Å². The van der Waals surface area contributed by atoms with Crippen LogP contribution in [0.15, 0.2) is 71.2 Å². The third kappa shape index (κ3) is 5.65. The lowest BCUT2D eigenvalue weighted by Gasteiger charge is -2.27. The highest BCUT2D eigenvalue weighted by Crippen LogP contribution is 2.27. The number of ether oxygens (including phenoxy) is 1. The molecule has 0 spiro atoms. The molecule has 0 aromatic heterocycles. The Labute approximate surface area is 192 Å². The van der Waals surface area contributed by atoms with Crippen LogP contribution in [0, 0.1) is 0 Å². The fraction of sp³-hybridized carbons (Fsp3) is 0.0909. The molecule has 0 radical (unpaired) electrons. The van der Waals surface area contributed by atoms with Gasteiger partial charge in [-0.15, -0.1) is 6.58 Å². The summed E-state index contributed by atoms with van der Waals surface area (Å²) in [6, 6.07) is 14.1. The van der Waals surface area contributed by atoms with Crippen molar-refractivity contribution in [1.82, 2.24) is 10.2 Å². The first-order valence-electron chi connectivity index (χ1n) is 9.16. The van der Waals surface area contributed by atoms with Crippen LogP contribution in [0.25, 0.3) is 6.08 Å². The van der Waals surface area contributed by atoms with Crippen LogP contribution in [-0.4, -0.2) is 40.9 Å². The maximum Gasteiger partial charge on any atom is 0.265 e. The fourth-order valence-corrected chi connectivity index (χ4v) is 3.50. The minimum Gasteiger partial charge on any atom is -0.483 e. The number of nitrogens with zero attached hydrogens (tertiary/aromatic N) is 1. The molecule has 0 unspecified atom stereocenters. The summed E-state index contributed by atoms with van der Waals surface area (Å²) in [5, 5.41) is 5.27. The molecular formula is C22H18BrN3O4S. The first kappa shape index (κ1) is 22.4. The van der Waals surface area contributed by atoms with E-state index in [1.165, 1.54) is 17.1 Å². The summed E-state index contributed by atoms with van der Waals surface area (Å²) in [4.78, 5) is 38.1. The van der Waals surface area contributed by atoms with Gasteiger partial charge in [-0.25, -0.2) is 0 Å². The van der Waals surface area contributed by atoms with E-state index in [-0.39, 0.29) is 29.7 Å². The van der Waals surface area contributed by atoms with E-state index in [0.29, 0.717) is 21.5 Å². The Morgan fingerprint density at radius 1 is 1.23 bits per heavy atom. The van der Waals surface area contributed by atoms with E-state index in [2.05, 4.69) is 33.1 Å². The molecular weight excluding hydrogens is 482 g/mol. The number of rotatable bonds is 7. The van der Waals surface area contributed by atoms with Gasteiger partial charge in [0.25, 0.3) is 17.7 Å². The van der Waals surface area contributed by atoms with Crippen molar-refractivity contribution in [1.29, 1.82) is 0 Å². The van der Waals surface area contributed by atoms with Crippen LogP contribution in [0.3, 0.4) is 0 Å². The monoisotopic (exact) mass is 499 g/mol. The zero-order valence-corrected chi connectivity index (χ0v) is 18.7. The molecule has 1 saturated heterocycles. The zero-order valence-electron chi connectivity index (χ0n) is 16.3. The topological polar surface area (TPSA) is 87.7 Å². The van der Waals surface area contributed by atoms with E-state index in [1.54, 1.807) is 30.3 Å². The van der Waals surface area contributed by atoms with E-state index in [4.69, 9.17) is 17.0 Å². The largest absolute Gasteiger partial charge is 0.483 e. The highest BCUT2D eigenvalue weighted by atomic mass is 79.9. The van der Waals surface area contributed by atoms with Crippen molar-refractivity contribution in [3.63, 3.8) is 0 Å². The predicted molar refractivity (Wildman–Crippen MR) is 125 cm³/mol. The second-order valence-corrected chi connectivity index (χ2v) is 7.66. The fourth-order valence-electron chi connectivity index (χ4n) is 2.74. The van der Waals surface area contributed by atoms with Gasteiger partial charge in [-0.2, -0.15) is 0 Å². The minimum absolute atomic E-state index is 0.0433. The number of hydrogen-bond donors (Lipinski definition) is 2. The van der Waals surface area contributed by atoms with Crippen molar-refractivity contribution in [3.8, 4) is 5.75 Å². The number of thiocarbonyl (C=S) groups is 1. The number of halogens is 1. The second kappa shape index (κ2) is 10.1. The number of para-hydroxylation sites is 1. The number of nitrogens with one attached hydrogen (secondary N) is 2. The summed E-state index contributed by atoms with van der Waals surface area (Å²) in [5.41, 5.74) is 1.23. The maximum absolute atomic E-state index is 12.6. The molecule has 0 aliphatic carbocycles. The van der Waals surface area contributed by atoms with Gasteiger partial charge < -0.3 is 10.1 Å². The summed E-state index contributed by atoms with van der Waals surface area (Å²) in [5.74, 6) is -0.918. The van der Waals surface area contributed by atoms with E-state index < -0.39 is 11.8 Å². The minimum atomic E-state index is -0.565. The van der Waals surface area contributed by atoms with Gasteiger partial charge in [-0.05, 0) is 64.1 Å². The Bertz CT molecular complexity index is 1090. The number of anilines is 1. The zero-order chi connectivity index (χ0) is 22.4. The molecule has 0 atom stereocenters. The Morgan fingerprint density at radius 3 is 2.65 bits per heavy atom. The van der Waals surface area contributed by atoms with E-state index in [9.17, 15) is 14.4 Å². The van der Waals surface area contributed by atoms with Crippen molar-refractivity contribution in [2.45, 2.75) is 0 Å². The molecule has 0 bridgehead atoms. The molecule has 31 heavy (non-hydrogen) atoms. The van der Waals surface area contributed by atoms with Crippen LogP contribution < -0.4 is 15.4 Å². The predicted octanol–water partition coefficient (Wildman–Crippen LogP) is 3.28. The van der Waals surface area contributed by atoms with Crippen LogP contribution in [0.4, 0.5) is 5.69 Å². The van der Waals surface area contributed by atoms with Crippen molar-refractivity contribution in [2.75, 3.05) is 18.5 Å². The van der Waals surface area contributed by atoms with Crippen molar-refractivity contribution >= 4 is 62.7 Å². The van der Waals surface area contributed by atoms with E-state index >= 15 is 0 Å². The molecule has 3 rings (SSSR count). The van der Waals surface area contributed by atoms with Gasteiger partial charge in [-0.3, -0.25) is 24.6 Å². The van der Waals surface area contributed by atoms with Gasteiger partial charge in [0.15, 0.2) is 11.7 Å². The third-order valence-electron chi connectivity index (χ3n) is 4.18. The second-order valence-electron chi connectivity index (χ2n) is 6.41. The normalized spacial score (nSPS) is 14.9. The Hall–Kier alpha value is -3.30. The number of amides is 3. The molecule has 158 valence electrons. The van der Waals surface area contributed by atoms with Crippen LogP contribution >= 0.6 is 28.1 Å². The summed E-state index contributed by atoms with van der Waals surface area (Å²) in [6.45, 7) is 3.61. The first-order valence-corrected chi connectivity index (χ1v) is 10.4. The third-order valence-corrected chi connectivity index (χ3v) is 5.12. The molecule has 7 nitrogen and oxygen atoms in total. The van der Waals surface area contributed by atoms with E-state index in [1.807, 2.05) is 18.2 Å². The lowest BCUT2D eigenvalue weighted by atomic mass is 10.1. The summed E-state index contributed by atoms with van der Waals surface area (Å²) in [7, 11) is 0. The standard InChI is InChI=1S/C22H18BrN3O4S/c1-2-10-26-21(29)16(20(28)25-22(26)31)11-14-8-9-18(17(23)12-14)30-13-19(27)24-15-6-4-3-5-7-15/h2-9,11-12H,1,10,13H2,(H,24,27)(H,25,28,31)/b16-11+. The summed E-state index contributed by atoms with van der Waals surface area (Å²) >= 11 is 8.42. The van der Waals surface area contributed by atoms with Gasteiger partial charge in [0.1, 0.15) is 11.3 Å². The number of hydrogen-bond acceptors (Lipinski definition) is 5. The van der Waals surface area contributed by atoms with Gasteiger partial charge >= 0.3 is 0 Å². The van der Waals surface area contributed by atoms with Gasteiger partial charge in [0.2, 0.25) is 0 Å². The lowest BCUT2D eigenvalue weighted by Crippen LogP contribution is -2.53. The Kier molecular flexibility index (Phi) is 7.32. The molecule has 9 heteroatoms.